The van der Waals surface area contributed by atoms with Crippen LogP contribution in [0, 0.1) is 18.6 Å². The smallest absolute Gasteiger partial charge is 0.165 e. The maximum atomic E-state index is 14.3. The van der Waals surface area contributed by atoms with Crippen LogP contribution in [-0.2, 0) is 6.42 Å². The standard InChI is InChI=1S/C19H22F2N2O/c1-5-23(3)12-22-18-8-13(2)15(11-16(18)20)9-14-6-7-19(24-4)17(21)10-14/h6-8,10-12H,5,9H2,1-4H3. The van der Waals surface area contributed by atoms with Crippen molar-refractivity contribution in [1.29, 1.82) is 0 Å². The van der Waals surface area contributed by atoms with E-state index >= 15 is 0 Å². The van der Waals surface area contributed by atoms with Gasteiger partial charge in [-0.15, -0.1) is 0 Å². The first-order valence-electron chi connectivity index (χ1n) is 7.80. The van der Waals surface area contributed by atoms with E-state index in [1.807, 2.05) is 25.8 Å². The van der Waals surface area contributed by atoms with Gasteiger partial charge in [-0.3, -0.25) is 0 Å². The van der Waals surface area contributed by atoms with Gasteiger partial charge in [0, 0.05) is 13.6 Å². The largest absolute Gasteiger partial charge is 0.494 e. The molecule has 0 saturated heterocycles. The molecule has 0 N–H and O–H groups in total. The van der Waals surface area contributed by atoms with E-state index in [9.17, 15) is 8.78 Å². The number of nitrogens with zero attached hydrogens (tertiary/aromatic N) is 2. The number of halogens is 2. The molecular formula is C19H22F2N2O. The molecule has 0 unspecified atom stereocenters. The molecule has 2 rings (SSSR count). The third kappa shape index (κ3) is 4.31. The SMILES string of the molecule is CCN(C)C=Nc1cc(C)c(Cc2ccc(OC)c(F)c2)cc1F. The van der Waals surface area contributed by atoms with Crippen molar-refractivity contribution < 1.29 is 13.5 Å². The number of methoxy groups -OCH3 is 1. The third-order valence-electron chi connectivity index (χ3n) is 3.91. The van der Waals surface area contributed by atoms with Crippen LogP contribution in [0.1, 0.15) is 23.6 Å². The van der Waals surface area contributed by atoms with Crippen molar-refractivity contribution in [1.82, 2.24) is 4.90 Å². The van der Waals surface area contributed by atoms with Crippen LogP contribution in [0.15, 0.2) is 35.3 Å². The Bertz CT molecular complexity index is 744. The normalized spacial score (nSPS) is 11.1. The molecule has 0 saturated carbocycles. The second-order valence-electron chi connectivity index (χ2n) is 5.69. The molecule has 3 nitrogen and oxygen atoms in total. The molecule has 5 heteroatoms. The van der Waals surface area contributed by atoms with Crippen LogP contribution in [0.25, 0.3) is 0 Å². The first-order valence-corrected chi connectivity index (χ1v) is 7.80. The number of aryl methyl sites for hydroxylation is 1. The van der Waals surface area contributed by atoms with Gasteiger partial charge in [0.1, 0.15) is 11.5 Å². The topological polar surface area (TPSA) is 24.8 Å². The highest BCUT2D eigenvalue weighted by molar-refractivity contribution is 5.62. The highest BCUT2D eigenvalue weighted by Gasteiger charge is 2.09. The highest BCUT2D eigenvalue weighted by Crippen LogP contribution is 2.25. The van der Waals surface area contributed by atoms with Gasteiger partial charge in [0.25, 0.3) is 0 Å². The minimum Gasteiger partial charge on any atom is -0.494 e. The van der Waals surface area contributed by atoms with Crippen molar-refractivity contribution >= 4 is 12.0 Å². The molecule has 0 spiro atoms. The molecule has 128 valence electrons. The summed E-state index contributed by atoms with van der Waals surface area (Å²) in [6.07, 6.45) is 2.05. The van der Waals surface area contributed by atoms with Crippen molar-refractivity contribution in [2.45, 2.75) is 20.3 Å². The van der Waals surface area contributed by atoms with Crippen molar-refractivity contribution in [3.63, 3.8) is 0 Å². The minimum atomic E-state index is -0.419. The molecular weight excluding hydrogens is 310 g/mol. The molecule has 0 aromatic heterocycles. The summed E-state index contributed by atoms with van der Waals surface area (Å²) in [6.45, 7) is 4.69. The molecule has 2 aromatic rings. The van der Waals surface area contributed by atoms with E-state index in [2.05, 4.69) is 4.99 Å². The second-order valence-corrected chi connectivity index (χ2v) is 5.69. The zero-order chi connectivity index (χ0) is 17.7. The number of ether oxygens (including phenoxy) is 1. The third-order valence-corrected chi connectivity index (χ3v) is 3.91. The summed E-state index contributed by atoms with van der Waals surface area (Å²) in [7, 11) is 3.30. The van der Waals surface area contributed by atoms with Crippen LogP contribution in [0.3, 0.4) is 0 Å². The van der Waals surface area contributed by atoms with Crippen LogP contribution in [0.2, 0.25) is 0 Å². The maximum absolute atomic E-state index is 14.3. The predicted molar refractivity (Wildman–Crippen MR) is 93.4 cm³/mol. The molecule has 0 atom stereocenters. The zero-order valence-electron chi connectivity index (χ0n) is 14.4. The Morgan fingerprint density at radius 2 is 1.92 bits per heavy atom. The number of hydrogen-bond donors (Lipinski definition) is 0. The summed E-state index contributed by atoms with van der Waals surface area (Å²) in [5.41, 5.74) is 2.79. The lowest BCUT2D eigenvalue weighted by Gasteiger charge is -2.11. The van der Waals surface area contributed by atoms with Crippen LogP contribution in [0.5, 0.6) is 5.75 Å². The monoisotopic (exact) mass is 332 g/mol. The summed E-state index contributed by atoms with van der Waals surface area (Å²) in [4.78, 5) is 6.04. The predicted octanol–water partition coefficient (Wildman–Crippen LogP) is 4.48. The Morgan fingerprint density at radius 1 is 1.17 bits per heavy atom. The van der Waals surface area contributed by atoms with Crippen molar-refractivity contribution in [2.75, 3.05) is 20.7 Å². The summed E-state index contributed by atoms with van der Waals surface area (Å²) in [6, 6.07) is 7.95. The average Bonchev–Trinajstić information content (AvgIpc) is 2.56. The summed E-state index contributed by atoms with van der Waals surface area (Å²) in [5.74, 6) is -0.603. The van der Waals surface area contributed by atoms with Crippen LogP contribution in [0.4, 0.5) is 14.5 Å². The fraction of sp³-hybridized carbons (Fsp3) is 0.316. The van der Waals surface area contributed by atoms with Gasteiger partial charge >= 0.3 is 0 Å². The van der Waals surface area contributed by atoms with E-state index in [4.69, 9.17) is 4.74 Å². The molecule has 0 amide bonds. The first kappa shape index (κ1) is 17.9. The van der Waals surface area contributed by atoms with Gasteiger partial charge < -0.3 is 9.64 Å². The van der Waals surface area contributed by atoms with Crippen molar-refractivity contribution in [3.8, 4) is 5.75 Å². The fourth-order valence-electron chi connectivity index (χ4n) is 2.28. The quantitative estimate of drug-likeness (QED) is 0.575. The maximum Gasteiger partial charge on any atom is 0.165 e. The molecule has 24 heavy (non-hydrogen) atoms. The number of benzene rings is 2. The van der Waals surface area contributed by atoms with E-state index < -0.39 is 5.82 Å². The van der Waals surface area contributed by atoms with Crippen molar-refractivity contribution in [3.05, 3.63) is 58.7 Å². The van der Waals surface area contributed by atoms with Gasteiger partial charge in [0.05, 0.1) is 13.4 Å². The molecule has 0 aliphatic heterocycles. The van der Waals surface area contributed by atoms with Gasteiger partial charge in [0.15, 0.2) is 11.6 Å². The Hall–Kier alpha value is -2.43. The fourth-order valence-corrected chi connectivity index (χ4v) is 2.28. The molecule has 0 radical (unpaired) electrons. The minimum absolute atomic E-state index is 0.200. The summed E-state index contributed by atoms with van der Waals surface area (Å²) in [5, 5.41) is 0. The lowest BCUT2D eigenvalue weighted by Crippen LogP contribution is -2.14. The van der Waals surface area contributed by atoms with E-state index in [1.165, 1.54) is 19.2 Å². The average molecular weight is 332 g/mol. The van der Waals surface area contributed by atoms with Gasteiger partial charge in [-0.1, -0.05) is 6.07 Å². The van der Waals surface area contributed by atoms with E-state index in [0.29, 0.717) is 12.1 Å². The van der Waals surface area contributed by atoms with E-state index in [1.54, 1.807) is 24.5 Å². The molecule has 0 bridgehead atoms. The van der Waals surface area contributed by atoms with Gasteiger partial charge in [-0.05, 0) is 61.2 Å². The Morgan fingerprint density at radius 3 is 2.54 bits per heavy atom. The lowest BCUT2D eigenvalue weighted by molar-refractivity contribution is 0.386. The number of aliphatic imine (C=N–C) groups is 1. The van der Waals surface area contributed by atoms with Crippen LogP contribution >= 0.6 is 0 Å². The Labute approximate surface area is 141 Å². The Balaban J connectivity index is 2.24. The van der Waals surface area contributed by atoms with Gasteiger partial charge in [-0.2, -0.15) is 0 Å². The summed E-state index contributed by atoms with van der Waals surface area (Å²) < 4.78 is 33.0. The molecule has 0 heterocycles. The van der Waals surface area contributed by atoms with Gasteiger partial charge in [0.2, 0.25) is 0 Å². The zero-order valence-corrected chi connectivity index (χ0v) is 14.4. The van der Waals surface area contributed by atoms with E-state index in [0.717, 1.165) is 23.2 Å². The van der Waals surface area contributed by atoms with Crippen LogP contribution in [-0.4, -0.2) is 31.9 Å². The lowest BCUT2D eigenvalue weighted by atomic mass is 9.99. The highest BCUT2D eigenvalue weighted by atomic mass is 19.1. The first-order chi connectivity index (χ1) is 11.4. The molecule has 2 aromatic carbocycles. The van der Waals surface area contributed by atoms with Crippen LogP contribution < -0.4 is 4.74 Å². The molecule has 0 fully saturated rings. The van der Waals surface area contributed by atoms with Gasteiger partial charge in [-0.25, -0.2) is 13.8 Å². The molecule has 0 aliphatic rings. The molecule has 0 aliphatic carbocycles. The Kier molecular flexibility index (Phi) is 5.90. The van der Waals surface area contributed by atoms with Crippen molar-refractivity contribution in [2.24, 2.45) is 4.99 Å². The van der Waals surface area contributed by atoms with E-state index in [-0.39, 0.29) is 11.6 Å². The second kappa shape index (κ2) is 7.90. The number of rotatable bonds is 6. The number of hydrogen-bond acceptors (Lipinski definition) is 2. The summed E-state index contributed by atoms with van der Waals surface area (Å²) >= 11 is 0.